The maximum absolute atomic E-state index is 12.3. The van der Waals surface area contributed by atoms with Crippen molar-refractivity contribution in [3.63, 3.8) is 0 Å². The van der Waals surface area contributed by atoms with Crippen molar-refractivity contribution in [2.75, 3.05) is 5.32 Å². The van der Waals surface area contributed by atoms with E-state index in [1.807, 2.05) is 31.2 Å². The summed E-state index contributed by atoms with van der Waals surface area (Å²) in [4.78, 5) is 20.7. The minimum absolute atomic E-state index is 0.287. The van der Waals surface area contributed by atoms with Crippen LogP contribution in [0.15, 0.2) is 48.8 Å². The maximum atomic E-state index is 12.3. The van der Waals surface area contributed by atoms with Crippen LogP contribution in [0, 0.1) is 6.92 Å². The molecule has 0 spiro atoms. The number of pyridine rings is 2. The summed E-state index contributed by atoms with van der Waals surface area (Å²) in [6.07, 6.45) is 3.32. The van der Waals surface area contributed by atoms with Gasteiger partial charge in [-0.1, -0.05) is 29.8 Å². The highest BCUT2D eigenvalue weighted by molar-refractivity contribution is 6.35. The third-order valence-corrected chi connectivity index (χ3v) is 3.48. The zero-order valence-electron chi connectivity index (χ0n) is 11.3. The molecule has 3 aromatic rings. The first kappa shape index (κ1) is 13.5. The Balaban J connectivity index is 1.97. The number of benzene rings is 1. The molecule has 1 amide bonds. The minimum atomic E-state index is -0.294. The van der Waals surface area contributed by atoms with Crippen LogP contribution in [0.5, 0.6) is 0 Å². The predicted octanol–water partition coefficient (Wildman–Crippen LogP) is 3.84. The van der Waals surface area contributed by atoms with Crippen molar-refractivity contribution in [3.05, 3.63) is 65.1 Å². The molecule has 0 aliphatic carbocycles. The largest absolute Gasteiger partial charge is 0.320 e. The fraction of sp³-hybridized carbons (Fsp3) is 0.0625. The van der Waals surface area contributed by atoms with Crippen LogP contribution in [-0.2, 0) is 0 Å². The zero-order valence-corrected chi connectivity index (χ0v) is 12.1. The van der Waals surface area contributed by atoms with Crippen molar-refractivity contribution in [3.8, 4) is 0 Å². The van der Waals surface area contributed by atoms with E-state index in [4.69, 9.17) is 11.6 Å². The summed E-state index contributed by atoms with van der Waals surface area (Å²) in [7, 11) is 0. The van der Waals surface area contributed by atoms with Crippen LogP contribution in [0.1, 0.15) is 16.1 Å². The summed E-state index contributed by atoms with van der Waals surface area (Å²) in [5, 5.41) is 4.16. The lowest BCUT2D eigenvalue weighted by molar-refractivity contribution is 0.102. The molecule has 1 aromatic carbocycles. The molecule has 2 heterocycles. The van der Waals surface area contributed by atoms with E-state index in [0.29, 0.717) is 16.2 Å². The average Bonchev–Trinajstić information content (AvgIpc) is 2.49. The number of aromatic nitrogens is 2. The number of hydrogen-bond acceptors (Lipinski definition) is 3. The summed E-state index contributed by atoms with van der Waals surface area (Å²) in [5.74, 6) is -0.294. The first-order valence-electron chi connectivity index (χ1n) is 6.42. The Morgan fingerprint density at radius 2 is 2.05 bits per heavy atom. The van der Waals surface area contributed by atoms with Crippen LogP contribution < -0.4 is 5.32 Å². The van der Waals surface area contributed by atoms with E-state index in [1.165, 1.54) is 0 Å². The fourth-order valence-corrected chi connectivity index (χ4v) is 2.31. The molecule has 1 N–H and O–H groups in total. The van der Waals surface area contributed by atoms with Crippen molar-refractivity contribution in [1.29, 1.82) is 0 Å². The SMILES string of the molecule is Cc1cnccc1NC(=O)c1cc(Cl)c2ccccc2n1. The maximum Gasteiger partial charge on any atom is 0.274 e. The highest BCUT2D eigenvalue weighted by Gasteiger charge is 2.12. The number of rotatable bonds is 2. The third kappa shape index (κ3) is 2.71. The van der Waals surface area contributed by atoms with Gasteiger partial charge in [0.05, 0.1) is 10.5 Å². The Hall–Kier alpha value is -2.46. The van der Waals surface area contributed by atoms with Gasteiger partial charge in [0.2, 0.25) is 0 Å². The first-order chi connectivity index (χ1) is 10.1. The summed E-state index contributed by atoms with van der Waals surface area (Å²) < 4.78 is 0. The highest BCUT2D eigenvalue weighted by Crippen LogP contribution is 2.23. The second-order valence-corrected chi connectivity index (χ2v) is 5.06. The minimum Gasteiger partial charge on any atom is -0.320 e. The number of anilines is 1. The van der Waals surface area contributed by atoms with Crippen molar-refractivity contribution < 1.29 is 4.79 Å². The van der Waals surface area contributed by atoms with Gasteiger partial charge in [-0.15, -0.1) is 0 Å². The Labute approximate surface area is 126 Å². The molecule has 0 aliphatic heterocycles. The lowest BCUT2D eigenvalue weighted by Crippen LogP contribution is -2.14. The molecule has 2 aromatic heterocycles. The van der Waals surface area contributed by atoms with Crippen molar-refractivity contribution in [2.24, 2.45) is 0 Å². The molecule has 0 saturated carbocycles. The van der Waals surface area contributed by atoms with E-state index in [9.17, 15) is 4.79 Å². The van der Waals surface area contributed by atoms with E-state index < -0.39 is 0 Å². The number of hydrogen-bond donors (Lipinski definition) is 1. The molecule has 5 heteroatoms. The Kier molecular flexibility index (Phi) is 3.54. The molecular formula is C16H12ClN3O. The van der Waals surface area contributed by atoms with Crippen molar-refractivity contribution in [1.82, 2.24) is 9.97 Å². The molecule has 0 saturated heterocycles. The van der Waals surface area contributed by atoms with E-state index >= 15 is 0 Å². The molecule has 0 bridgehead atoms. The Bertz CT molecular complexity index is 833. The second-order valence-electron chi connectivity index (χ2n) is 4.65. The molecule has 3 rings (SSSR count). The molecule has 0 radical (unpaired) electrons. The van der Waals surface area contributed by atoms with Gasteiger partial charge in [-0.05, 0) is 30.7 Å². The lowest BCUT2D eigenvalue weighted by atomic mass is 10.2. The molecule has 0 atom stereocenters. The molecular weight excluding hydrogens is 286 g/mol. The molecule has 0 aliphatic rings. The van der Waals surface area contributed by atoms with E-state index in [-0.39, 0.29) is 11.6 Å². The van der Waals surface area contributed by atoms with Gasteiger partial charge >= 0.3 is 0 Å². The number of nitrogens with zero attached hydrogens (tertiary/aromatic N) is 2. The van der Waals surface area contributed by atoms with Crippen LogP contribution in [0.25, 0.3) is 10.9 Å². The van der Waals surface area contributed by atoms with Crippen LogP contribution >= 0.6 is 11.6 Å². The topological polar surface area (TPSA) is 54.9 Å². The van der Waals surface area contributed by atoms with E-state index in [0.717, 1.165) is 10.9 Å². The van der Waals surface area contributed by atoms with Crippen molar-refractivity contribution in [2.45, 2.75) is 6.92 Å². The van der Waals surface area contributed by atoms with Crippen LogP contribution in [0.4, 0.5) is 5.69 Å². The summed E-state index contributed by atoms with van der Waals surface area (Å²) in [6, 6.07) is 10.8. The number of para-hydroxylation sites is 1. The highest BCUT2D eigenvalue weighted by atomic mass is 35.5. The van der Waals surface area contributed by atoms with Gasteiger partial charge in [-0.25, -0.2) is 4.98 Å². The standard InChI is InChI=1S/C16H12ClN3O/c1-10-9-18-7-6-13(10)20-16(21)15-8-12(17)11-4-2-3-5-14(11)19-15/h2-9H,1H3,(H,18,20,21). The first-order valence-corrected chi connectivity index (χ1v) is 6.80. The van der Waals surface area contributed by atoms with Gasteiger partial charge in [-0.2, -0.15) is 0 Å². The van der Waals surface area contributed by atoms with E-state index in [1.54, 1.807) is 24.5 Å². The molecule has 21 heavy (non-hydrogen) atoms. The van der Waals surface area contributed by atoms with E-state index in [2.05, 4.69) is 15.3 Å². The monoisotopic (exact) mass is 297 g/mol. The van der Waals surface area contributed by atoms with Crippen LogP contribution in [0.2, 0.25) is 5.02 Å². The van der Waals surface area contributed by atoms with Gasteiger partial charge in [0, 0.05) is 23.5 Å². The quantitative estimate of drug-likeness (QED) is 0.782. The smallest absolute Gasteiger partial charge is 0.274 e. The second kappa shape index (κ2) is 5.50. The van der Waals surface area contributed by atoms with Gasteiger partial charge in [0.25, 0.3) is 5.91 Å². The number of nitrogens with one attached hydrogen (secondary N) is 1. The molecule has 0 fully saturated rings. The van der Waals surface area contributed by atoms with Crippen LogP contribution in [-0.4, -0.2) is 15.9 Å². The lowest BCUT2D eigenvalue weighted by Gasteiger charge is -2.08. The van der Waals surface area contributed by atoms with Crippen molar-refractivity contribution >= 4 is 34.1 Å². The molecule has 4 nitrogen and oxygen atoms in total. The number of fused-ring (bicyclic) bond motifs is 1. The Morgan fingerprint density at radius 3 is 2.86 bits per heavy atom. The third-order valence-electron chi connectivity index (χ3n) is 3.17. The van der Waals surface area contributed by atoms with Gasteiger partial charge in [0.1, 0.15) is 5.69 Å². The summed E-state index contributed by atoms with van der Waals surface area (Å²) >= 11 is 6.21. The average molecular weight is 298 g/mol. The number of carbonyl (C=O) groups excluding carboxylic acids is 1. The number of halogens is 1. The predicted molar refractivity (Wildman–Crippen MR) is 83.7 cm³/mol. The summed E-state index contributed by atoms with van der Waals surface area (Å²) in [5.41, 5.74) is 2.58. The Morgan fingerprint density at radius 1 is 1.24 bits per heavy atom. The normalized spacial score (nSPS) is 10.6. The van der Waals surface area contributed by atoms with Crippen LogP contribution in [0.3, 0.4) is 0 Å². The number of aryl methyl sites for hydroxylation is 1. The zero-order chi connectivity index (χ0) is 14.8. The van der Waals surface area contributed by atoms with Gasteiger partial charge < -0.3 is 5.32 Å². The number of amides is 1. The molecule has 0 unspecified atom stereocenters. The fourth-order valence-electron chi connectivity index (χ4n) is 2.05. The van der Waals surface area contributed by atoms with Gasteiger partial charge in [-0.3, -0.25) is 9.78 Å². The molecule has 104 valence electrons. The summed E-state index contributed by atoms with van der Waals surface area (Å²) in [6.45, 7) is 1.88. The van der Waals surface area contributed by atoms with Gasteiger partial charge in [0.15, 0.2) is 0 Å². The number of carbonyl (C=O) groups is 1.